The Balaban J connectivity index is 1.64. The SMILES string of the molecule is CC1(C)Cc2cc(Nc3ccc4ccncc4c3)ccc2NC1=O. The minimum Gasteiger partial charge on any atom is -0.355 e. The molecule has 2 aromatic carbocycles. The lowest BCUT2D eigenvalue weighted by Crippen LogP contribution is -2.37. The van der Waals surface area contributed by atoms with Crippen molar-refractivity contribution >= 4 is 33.7 Å². The molecule has 0 aliphatic carbocycles. The topological polar surface area (TPSA) is 54.0 Å². The Morgan fingerprint density at radius 2 is 1.83 bits per heavy atom. The van der Waals surface area contributed by atoms with E-state index in [-0.39, 0.29) is 11.3 Å². The van der Waals surface area contributed by atoms with E-state index in [1.807, 2.05) is 38.2 Å². The van der Waals surface area contributed by atoms with Crippen LogP contribution in [0.25, 0.3) is 10.8 Å². The molecule has 2 heterocycles. The molecule has 0 radical (unpaired) electrons. The molecule has 120 valence electrons. The number of nitrogens with one attached hydrogen (secondary N) is 2. The van der Waals surface area contributed by atoms with Gasteiger partial charge in [-0.3, -0.25) is 9.78 Å². The van der Waals surface area contributed by atoms with Gasteiger partial charge in [-0.05, 0) is 53.8 Å². The van der Waals surface area contributed by atoms with Crippen LogP contribution >= 0.6 is 0 Å². The molecule has 1 amide bonds. The molecule has 4 nitrogen and oxygen atoms in total. The Hall–Kier alpha value is -2.88. The number of benzene rings is 2. The molecule has 4 rings (SSSR count). The number of hydrogen-bond donors (Lipinski definition) is 2. The third-order valence-corrected chi connectivity index (χ3v) is 4.53. The third kappa shape index (κ3) is 2.60. The molecule has 0 unspecified atom stereocenters. The summed E-state index contributed by atoms with van der Waals surface area (Å²) in [5.74, 6) is 0.0812. The van der Waals surface area contributed by atoms with Crippen molar-refractivity contribution < 1.29 is 4.79 Å². The number of carbonyl (C=O) groups is 1. The fourth-order valence-electron chi connectivity index (χ4n) is 3.12. The van der Waals surface area contributed by atoms with Crippen LogP contribution in [0.3, 0.4) is 0 Å². The van der Waals surface area contributed by atoms with E-state index in [1.54, 1.807) is 6.20 Å². The molecule has 24 heavy (non-hydrogen) atoms. The van der Waals surface area contributed by atoms with E-state index in [1.165, 1.54) is 5.39 Å². The normalized spacial score (nSPS) is 15.7. The van der Waals surface area contributed by atoms with Gasteiger partial charge in [0, 0.05) is 40.3 Å². The van der Waals surface area contributed by atoms with Crippen LogP contribution in [0.2, 0.25) is 0 Å². The molecule has 0 fully saturated rings. The Bertz CT molecular complexity index is 947. The van der Waals surface area contributed by atoms with E-state index >= 15 is 0 Å². The largest absolute Gasteiger partial charge is 0.355 e. The smallest absolute Gasteiger partial charge is 0.230 e. The molecular formula is C20H19N3O. The Labute approximate surface area is 140 Å². The average Bonchev–Trinajstić information content (AvgIpc) is 2.56. The van der Waals surface area contributed by atoms with Crippen molar-refractivity contribution in [3.8, 4) is 0 Å². The van der Waals surface area contributed by atoms with E-state index < -0.39 is 0 Å². The summed E-state index contributed by atoms with van der Waals surface area (Å²) in [4.78, 5) is 16.2. The number of aromatic nitrogens is 1. The van der Waals surface area contributed by atoms with Crippen molar-refractivity contribution in [3.63, 3.8) is 0 Å². The molecule has 1 aromatic heterocycles. The Morgan fingerprint density at radius 1 is 1.04 bits per heavy atom. The second-order valence-corrected chi connectivity index (χ2v) is 6.95. The molecule has 0 spiro atoms. The van der Waals surface area contributed by atoms with Gasteiger partial charge in [-0.25, -0.2) is 0 Å². The number of anilines is 3. The summed E-state index contributed by atoms with van der Waals surface area (Å²) in [6.07, 6.45) is 4.41. The van der Waals surface area contributed by atoms with Gasteiger partial charge < -0.3 is 10.6 Å². The van der Waals surface area contributed by atoms with E-state index in [4.69, 9.17) is 0 Å². The van der Waals surface area contributed by atoms with Gasteiger partial charge in [0.05, 0.1) is 0 Å². The fraction of sp³-hybridized carbons (Fsp3) is 0.200. The highest BCUT2D eigenvalue weighted by Gasteiger charge is 2.33. The Morgan fingerprint density at radius 3 is 2.71 bits per heavy atom. The van der Waals surface area contributed by atoms with E-state index in [2.05, 4.69) is 39.9 Å². The van der Waals surface area contributed by atoms with E-state index in [0.29, 0.717) is 0 Å². The van der Waals surface area contributed by atoms with Crippen LogP contribution in [0.4, 0.5) is 17.1 Å². The monoisotopic (exact) mass is 317 g/mol. The first-order valence-corrected chi connectivity index (χ1v) is 8.06. The number of rotatable bonds is 2. The standard InChI is InChI=1S/C20H19N3O/c1-20(2)11-14-9-17(5-6-18(14)23-19(20)24)22-16-4-3-13-7-8-21-12-15(13)10-16/h3-10,12,22H,11H2,1-2H3,(H,23,24). The molecule has 0 saturated heterocycles. The summed E-state index contributed by atoms with van der Waals surface area (Å²) >= 11 is 0. The first kappa shape index (κ1) is 14.7. The molecular weight excluding hydrogens is 298 g/mol. The lowest BCUT2D eigenvalue weighted by Gasteiger charge is -2.30. The van der Waals surface area contributed by atoms with Crippen molar-refractivity contribution in [3.05, 3.63) is 60.4 Å². The number of hydrogen-bond acceptors (Lipinski definition) is 3. The van der Waals surface area contributed by atoms with Crippen LogP contribution in [0.15, 0.2) is 54.9 Å². The van der Waals surface area contributed by atoms with Crippen LogP contribution < -0.4 is 10.6 Å². The van der Waals surface area contributed by atoms with Gasteiger partial charge in [0.25, 0.3) is 0 Å². The van der Waals surface area contributed by atoms with Gasteiger partial charge in [-0.2, -0.15) is 0 Å². The highest BCUT2D eigenvalue weighted by atomic mass is 16.2. The number of amides is 1. The van der Waals surface area contributed by atoms with Gasteiger partial charge in [-0.1, -0.05) is 19.9 Å². The van der Waals surface area contributed by atoms with Crippen molar-refractivity contribution in [2.75, 3.05) is 10.6 Å². The molecule has 3 aromatic rings. The third-order valence-electron chi connectivity index (χ3n) is 4.53. The highest BCUT2D eigenvalue weighted by molar-refractivity contribution is 5.98. The molecule has 1 aliphatic heterocycles. The van der Waals surface area contributed by atoms with Gasteiger partial charge >= 0.3 is 0 Å². The molecule has 1 aliphatic rings. The van der Waals surface area contributed by atoms with Crippen molar-refractivity contribution in [2.24, 2.45) is 5.41 Å². The van der Waals surface area contributed by atoms with Gasteiger partial charge in [0.15, 0.2) is 0 Å². The summed E-state index contributed by atoms with van der Waals surface area (Å²) in [7, 11) is 0. The zero-order valence-corrected chi connectivity index (χ0v) is 13.8. The van der Waals surface area contributed by atoms with E-state index in [9.17, 15) is 4.79 Å². The summed E-state index contributed by atoms with van der Waals surface area (Å²) in [6, 6.07) is 14.3. The van der Waals surface area contributed by atoms with Crippen LogP contribution in [-0.4, -0.2) is 10.9 Å². The summed E-state index contributed by atoms with van der Waals surface area (Å²) in [6.45, 7) is 3.95. The maximum Gasteiger partial charge on any atom is 0.230 e. The van der Waals surface area contributed by atoms with Crippen molar-refractivity contribution in [2.45, 2.75) is 20.3 Å². The summed E-state index contributed by atoms with van der Waals surface area (Å²) < 4.78 is 0. The maximum atomic E-state index is 12.0. The predicted octanol–water partition coefficient (Wildman–Crippen LogP) is 4.50. The molecule has 0 saturated carbocycles. The average molecular weight is 317 g/mol. The van der Waals surface area contributed by atoms with Crippen molar-refractivity contribution in [1.29, 1.82) is 0 Å². The fourth-order valence-corrected chi connectivity index (χ4v) is 3.12. The second kappa shape index (κ2) is 5.34. The zero-order valence-electron chi connectivity index (χ0n) is 13.8. The number of fused-ring (bicyclic) bond motifs is 2. The number of carbonyl (C=O) groups excluding carboxylic acids is 1. The Kier molecular flexibility index (Phi) is 3.27. The molecule has 0 atom stereocenters. The minimum absolute atomic E-state index is 0.0812. The van der Waals surface area contributed by atoms with Gasteiger partial charge in [0.1, 0.15) is 0 Å². The van der Waals surface area contributed by atoms with E-state index in [0.717, 1.165) is 34.4 Å². The number of nitrogens with zero attached hydrogens (tertiary/aromatic N) is 1. The first-order valence-electron chi connectivity index (χ1n) is 8.06. The molecule has 4 heteroatoms. The number of pyridine rings is 1. The van der Waals surface area contributed by atoms with Crippen LogP contribution in [0.1, 0.15) is 19.4 Å². The molecule has 0 bridgehead atoms. The lowest BCUT2D eigenvalue weighted by atomic mass is 9.81. The zero-order chi connectivity index (χ0) is 16.7. The minimum atomic E-state index is -0.375. The second-order valence-electron chi connectivity index (χ2n) is 6.95. The quantitative estimate of drug-likeness (QED) is 0.731. The van der Waals surface area contributed by atoms with Crippen LogP contribution in [0.5, 0.6) is 0 Å². The lowest BCUT2D eigenvalue weighted by molar-refractivity contribution is -0.124. The van der Waals surface area contributed by atoms with Crippen LogP contribution in [-0.2, 0) is 11.2 Å². The highest BCUT2D eigenvalue weighted by Crippen LogP contribution is 2.35. The summed E-state index contributed by atoms with van der Waals surface area (Å²) in [5, 5.41) is 8.71. The van der Waals surface area contributed by atoms with Gasteiger partial charge in [-0.15, -0.1) is 0 Å². The predicted molar refractivity (Wildman–Crippen MR) is 97.6 cm³/mol. The summed E-state index contributed by atoms with van der Waals surface area (Å²) in [5.41, 5.74) is 3.73. The van der Waals surface area contributed by atoms with Crippen molar-refractivity contribution in [1.82, 2.24) is 4.98 Å². The molecule has 2 N–H and O–H groups in total. The van der Waals surface area contributed by atoms with Gasteiger partial charge in [0.2, 0.25) is 5.91 Å². The first-order chi connectivity index (χ1) is 11.5. The van der Waals surface area contributed by atoms with Crippen LogP contribution in [0, 0.1) is 5.41 Å². The maximum absolute atomic E-state index is 12.0.